The number of carbonyl (C=O) groups is 2. The van der Waals surface area contributed by atoms with Gasteiger partial charge in [0.25, 0.3) is 0 Å². The van der Waals surface area contributed by atoms with Crippen molar-refractivity contribution in [2.75, 3.05) is 11.4 Å². The number of benzene rings is 1. The third kappa shape index (κ3) is 2.17. The van der Waals surface area contributed by atoms with Crippen molar-refractivity contribution in [2.45, 2.75) is 6.42 Å². The molecule has 1 fully saturated rings. The number of aliphatic carboxylic acids is 1. The second-order valence-electron chi connectivity index (χ2n) is 4.35. The summed E-state index contributed by atoms with van der Waals surface area (Å²) < 4.78 is 0.922. The molecule has 1 saturated heterocycles. The van der Waals surface area contributed by atoms with Gasteiger partial charge < -0.3 is 5.11 Å². The smallest absolute Gasteiger partial charge is 0.308 e. The maximum absolute atomic E-state index is 11.8. The number of carbonyl (C=O) groups excluding carboxylic acids is 1. The molecule has 7 heteroatoms. The summed E-state index contributed by atoms with van der Waals surface area (Å²) in [5, 5.41) is 10.1. The number of nitrogens with zero attached hydrogens (tertiary/aromatic N) is 2. The Morgan fingerprint density at radius 1 is 1.53 bits per heavy atom. The second kappa shape index (κ2) is 4.47. The Labute approximate surface area is 117 Å². The first-order valence-electron chi connectivity index (χ1n) is 5.64. The fourth-order valence-corrected chi connectivity index (χ4v) is 3.20. The first-order valence-corrected chi connectivity index (χ1v) is 6.83. The summed E-state index contributed by atoms with van der Waals surface area (Å²) in [7, 11) is 0. The van der Waals surface area contributed by atoms with Crippen LogP contribution in [0.3, 0.4) is 0 Å². The normalized spacial score (nSPS) is 19.3. The maximum atomic E-state index is 11.8. The van der Waals surface area contributed by atoms with E-state index >= 15 is 0 Å². The zero-order chi connectivity index (χ0) is 13.6. The predicted octanol–water partition coefficient (Wildman–Crippen LogP) is 2.39. The lowest BCUT2D eigenvalue weighted by molar-refractivity contribution is -0.141. The highest BCUT2D eigenvalue weighted by Gasteiger charge is 2.36. The average molecular weight is 297 g/mol. The van der Waals surface area contributed by atoms with E-state index in [1.807, 2.05) is 6.07 Å². The van der Waals surface area contributed by atoms with Crippen LogP contribution in [-0.4, -0.2) is 28.5 Å². The molecule has 1 aliphatic rings. The molecule has 1 aromatic heterocycles. The molecule has 1 atom stereocenters. The Kier molecular flexibility index (Phi) is 2.91. The molecule has 98 valence electrons. The maximum Gasteiger partial charge on any atom is 0.308 e. The number of amides is 1. The van der Waals surface area contributed by atoms with Gasteiger partial charge in [0.15, 0.2) is 5.13 Å². The van der Waals surface area contributed by atoms with Crippen molar-refractivity contribution in [3.05, 3.63) is 23.2 Å². The minimum atomic E-state index is -0.944. The molecule has 0 aliphatic carbocycles. The lowest BCUT2D eigenvalue weighted by Crippen LogP contribution is -2.25. The van der Waals surface area contributed by atoms with Crippen molar-refractivity contribution in [3.8, 4) is 0 Å². The monoisotopic (exact) mass is 296 g/mol. The minimum Gasteiger partial charge on any atom is -0.481 e. The summed E-state index contributed by atoms with van der Waals surface area (Å²) in [6.07, 6.45) is 0.0337. The molecule has 5 nitrogen and oxygen atoms in total. The van der Waals surface area contributed by atoms with Crippen LogP contribution in [0.2, 0.25) is 5.02 Å². The molecule has 0 saturated carbocycles. The van der Waals surface area contributed by atoms with Crippen molar-refractivity contribution in [1.82, 2.24) is 4.98 Å². The number of thiazole rings is 1. The van der Waals surface area contributed by atoms with Gasteiger partial charge in [0.2, 0.25) is 5.91 Å². The Balaban J connectivity index is 1.96. The van der Waals surface area contributed by atoms with Crippen LogP contribution in [0, 0.1) is 5.92 Å². The van der Waals surface area contributed by atoms with Crippen LogP contribution in [0.5, 0.6) is 0 Å². The van der Waals surface area contributed by atoms with Crippen molar-refractivity contribution < 1.29 is 14.7 Å². The summed E-state index contributed by atoms with van der Waals surface area (Å²) in [6.45, 7) is 0.182. The van der Waals surface area contributed by atoms with Crippen LogP contribution in [0.1, 0.15) is 6.42 Å². The number of hydrogen-bond acceptors (Lipinski definition) is 4. The summed E-state index contributed by atoms with van der Waals surface area (Å²) in [5.41, 5.74) is 0.721. The van der Waals surface area contributed by atoms with Gasteiger partial charge in [-0.1, -0.05) is 22.9 Å². The van der Waals surface area contributed by atoms with Crippen molar-refractivity contribution in [3.63, 3.8) is 0 Å². The first-order chi connectivity index (χ1) is 9.04. The topological polar surface area (TPSA) is 70.5 Å². The molecule has 1 unspecified atom stereocenters. The van der Waals surface area contributed by atoms with E-state index in [1.165, 1.54) is 16.2 Å². The number of anilines is 1. The Hall–Kier alpha value is -1.66. The molecule has 0 bridgehead atoms. The van der Waals surface area contributed by atoms with Gasteiger partial charge in [-0.2, -0.15) is 0 Å². The number of aromatic nitrogens is 1. The van der Waals surface area contributed by atoms with E-state index in [1.54, 1.807) is 12.1 Å². The Morgan fingerprint density at radius 3 is 3.00 bits per heavy atom. The van der Waals surface area contributed by atoms with Crippen LogP contribution in [0.25, 0.3) is 10.2 Å². The molecule has 2 aromatic rings. The largest absolute Gasteiger partial charge is 0.481 e. The molecule has 0 radical (unpaired) electrons. The standard InChI is InChI=1S/C12H9ClN2O3S/c13-7-1-2-9-8(4-7)14-12(19-9)15-5-6(11(17)18)3-10(15)16/h1-2,4,6H,3,5H2,(H,17,18). The van der Waals surface area contributed by atoms with E-state index in [4.69, 9.17) is 16.7 Å². The molecule has 2 heterocycles. The molecule has 1 amide bonds. The highest BCUT2D eigenvalue weighted by atomic mass is 35.5. The Bertz CT molecular complexity index is 685. The van der Waals surface area contributed by atoms with Gasteiger partial charge in [0.1, 0.15) is 0 Å². The zero-order valence-electron chi connectivity index (χ0n) is 9.67. The van der Waals surface area contributed by atoms with Gasteiger partial charge in [-0.3, -0.25) is 14.5 Å². The summed E-state index contributed by atoms with van der Waals surface area (Å²) in [4.78, 5) is 28.6. The zero-order valence-corrected chi connectivity index (χ0v) is 11.2. The third-order valence-corrected chi connectivity index (χ3v) is 4.34. The van der Waals surface area contributed by atoms with E-state index in [0.29, 0.717) is 10.2 Å². The quantitative estimate of drug-likeness (QED) is 0.924. The van der Waals surface area contributed by atoms with Gasteiger partial charge in [-0.25, -0.2) is 4.98 Å². The van der Waals surface area contributed by atoms with Gasteiger partial charge in [0.05, 0.1) is 16.1 Å². The predicted molar refractivity (Wildman–Crippen MR) is 72.7 cm³/mol. The number of carboxylic acid groups (broad SMARTS) is 1. The highest BCUT2D eigenvalue weighted by molar-refractivity contribution is 7.22. The second-order valence-corrected chi connectivity index (χ2v) is 5.80. The molecular weight excluding hydrogens is 288 g/mol. The fraction of sp³-hybridized carbons (Fsp3) is 0.250. The third-order valence-electron chi connectivity index (χ3n) is 3.04. The lowest BCUT2D eigenvalue weighted by atomic mass is 10.1. The SMILES string of the molecule is O=C(O)C1CC(=O)N(c2nc3cc(Cl)ccc3s2)C1. The number of hydrogen-bond donors (Lipinski definition) is 1. The summed E-state index contributed by atoms with van der Waals surface area (Å²) in [5.74, 6) is -1.79. The average Bonchev–Trinajstić information content (AvgIpc) is 2.91. The molecule has 1 N–H and O–H groups in total. The number of rotatable bonds is 2. The molecule has 3 rings (SSSR count). The first kappa shape index (κ1) is 12.4. The van der Waals surface area contributed by atoms with Crippen molar-refractivity contribution in [2.24, 2.45) is 5.92 Å². The molecular formula is C12H9ClN2O3S. The van der Waals surface area contributed by atoms with E-state index in [9.17, 15) is 9.59 Å². The minimum absolute atomic E-state index is 0.0337. The number of carboxylic acids is 1. The molecule has 1 aromatic carbocycles. The van der Waals surface area contributed by atoms with Gasteiger partial charge in [-0.15, -0.1) is 0 Å². The van der Waals surface area contributed by atoms with Crippen LogP contribution in [0.4, 0.5) is 5.13 Å². The molecule has 0 spiro atoms. The van der Waals surface area contributed by atoms with Crippen LogP contribution in [0.15, 0.2) is 18.2 Å². The number of halogens is 1. The van der Waals surface area contributed by atoms with Gasteiger partial charge in [-0.05, 0) is 18.2 Å². The van der Waals surface area contributed by atoms with Crippen molar-refractivity contribution >= 4 is 50.2 Å². The highest BCUT2D eigenvalue weighted by Crippen LogP contribution is 2.33. The van der Waals surface area contributed by atoms with E-state index in [0.717, 1.165) is 10.2 Å². The lowest BCUT2D eigenvalue weighted by Gasteiger charge is -2.10. The van der Waals surface area contributed by atoms with E-state index in [-0.39, 0.29) is 18.9 Å². The fourth-order valence-electron chi connectivity index (χ4n) is 2.06. The van der Waals surface area contributed by atoms with Gasteiger partial charge in [0, 0.05) is 18.0 Å². The molecule has 1 aliphatic heterocycles. The Morgan fingerprint density at radius 2 is 2.32 bits per heavy atom. The van der Waals surface area contributed by atoms with Crippen LogP contribution < -0.4 is 4.90 Å². The summed E-state index contributed by atoms with van der Waals surface area (Å²) in [6, 6.07) is 5.33. The van der Waals surface area contributed by atoms with Crippen LogP contribution >= 0.6 is 22.9 Å². The summed E-state index contributed by atoms with van der Waals surface area (Å²) >= 11 is 7.25. The van der Waals surface area contributed by atoms with Crippen molar-refractivity contribution in [1.29, 1.82) is 0 Å². The molecule has 19 heavy (non-hydrogen) atoms. The van der Waals surface area contributed by atoms with Crippen LogP contribution in [-0.2, 0) is 9.59 Å². The van der Waals surface area contributed by atoms with E-state index < -0.39 is 11.9 Å². The number of fused-ring (bicyclic) bond motifs is 1. The van der Waals surface area contributed by atoms with E-state index in [2.05, 4.69) is 4.98 Å². The van der Waals surface area contributed by atoms with Gasteiger partial charge >= 0.3 is 5.97 Å².